The summed E-state index contributed by atoms with van der Waals surface area (Å²) in [5.41, 5.74) is 3.73. The fraction of sp³-hybridized carbons (Fsp3) is 0.174. The lowest BCUT2D eigenvalue weighted by Gasteiger charge is -2.27. The van der Waals surface area contributed by atoms with Crippen LogP contribution in [-0.4, -0.2) is 31.3 Å². The second-order valence-electron chi connectivity index (χ2n) is 7.60. The molecule has 0 aliphatic carbocycles. The van der Waals surface area contributed by atoms with Crippen molar-refractivity contribution in [3.8, 4) is 22.0 Å². The molecule has 0 fully saturated rings. The summed E-state index contributed by atoms with van der Waals surface area (Å²) in [6.45, 7) is 1.86. The topological polar surface area (TPSA) is 105 Å². The molecular weight excluding hydrogens is 426 g/mol. The lowest BCUT2D eigenvalue weighted by atomic mass is 10.1. The number of aromatic amines is 1. The molecule has 1 aromatic carbocycles. The third-order valence-electron chi connectivity index (χ3n) is 5.45. The van der Waals surface area contributed by atoms with E-state index in [1.54, 1.807) is 17.4 Å². The Balaban J connectivity index is 1.35. The number of rotatable bonds is 5. The molecule has 0 amide bonds. The van der Waals surface area contributed by atoms with Crippen molar-refractivity contribution in [3.05, 3.63) is 97.4 Å². The molecule has 0 bridgehead atoms. The zero-order chi connectivity index (χ0) is 22.1. The Morgan fingerprint density at radius 1 is 1.12 bits per heavy atom. The van der Waals surface area contributed by atoms with Gasteiger partial charge in [-0.15, -0.1) is 11.3 Å². The minimum atomic E-state index is -0.409. The molecular formula is C23H19N5O3S. The minimum Gasteiger partial charge on any atom is -0.306 e. The van der Waals surface area contributed by atoms with Crippen LogP contribution in [0.25, 0.3) is 22.0 Å². The number of non-ortho nitro benzene ring substituents is 1. The maximum Gasteiger partial charge on any atom is 0.270 e. The predicted molar refractivity (Wildman–Crippen MR) is 122 cm³/mol. The van der Waals surface area contributed by atoms with Crippen LogP contribution in [0.4, 0.5) is 5.69 Å². The summed E-state index contributed by atoms with van der Waals surface area (Å²) < 4.78 is 0. The first-order valence-electron chi connectivity index (χ1n) is 10.2. The number of pyridine rings is 1. The van der Waals surface area contributed by atoms with E-state index in [9.17, 15) is 14.9 Å². The number of thiophene rings is 1. The van der Waals surface area contributed by atoms with E-state index >= 15 is 0 Å². The third kappa shape index (κ3) is 4.08. The molecule has 1 aliphatic heterocycles. The zero-order valence-electron chi connectivity index (χ0n) is 17.0. The molecule has 1 N–H and O–H groups in total. The van der Waals surface area contributed by atoms with Gasteiger partial charge in [-0.25, -0.2) is 4.98 Å². The van der Waals surface area contributed by atoms with Crippen LogP contribution < -0.4 is 5.56 Å². The van der Waals surface area contributed by atoms with Crippen molar-refractivity contribution in [1.82, 2.24) is 19.9 Å². The van der Waals surface area contributed by atoms with Gasteiger partial charge in [0.2, 0.25) is 0 Å². The summed E-state index contributed by atoms with van der Waals surface area (Å²) in [7, 11) is 0. The number of benzene rings is 1. The Bertz CT molecular complexity index is 1350. The van der Waals surface area contributed by atoms with Crippen LogP contribution in [0.5, 0.6) is 0 Å². The summed E-state index contributed by atoms with van der Waals surface area (Å²) in [5, 5.41) is 13.0. The second kappa shape index (κ2) is 8.45. The van der Waals surface area contributed by atoms with Gasteiger partial charge in [0.1, 0.15) is 0 Å². The van der Waals surface area contributed by atoms with Gasteiger partial charge in [0.15, 0.2) is 5.82 Å². The van der Waals surface area contributed by atoms with Gasteiger partial charge >= 0.3 is 0 Å². The molecule has 0 spiro atoms. The number of hydrogen-bond acceptors (Lipinski definition) is 7. The lowest BCUT2D eigenvalue weighted by molar-refractivity contribution is -0.384. The van der Waals surface area contributed by atoms with Crippen LogP contribution in [0.2, 0.25) is 0 Å². The number of nitro benzene ring substituents is 1. The molecule has 5 rings (SSSR count). The van der Waals surface area contributed by atoms with E-state index < -0.39 is 4.92 Å². The van der Waals surface area contributed by atoms with Gasteiger partial charge in [-0.1, -0.05) is 24.3 Å². The number of nitrogens with one attached hydrogen (secondary N) is 1. The molecule has 0 atom stereocenters. The first-order valence-corrected chi connectivity index (χ1v) is 11.0. The Labute approximate surface area is 187 Å². The van der Waals surface area contributed by atoms with Crippen molar-refractivity contribution in [2.45, 2.75) is 19.5 Å². The molecule has 0 saturated carbocycles. The number of H-pyrrole nitrogens is 1. The van der Waals surface area contributed by atoms with Gasteiger partial charge in [-0.2, -0.15) is 0 Å². The molecule has 3 aromatic heterocycles. The van der Waals surface area contributed by atoms with Gasteiger partial charge in [-0.3, -0.25) is 24.8 Å². The van der Waals surface area contributed by atoms with Crippen molar-refractivity contribution in [3.63, 3.8) is 0 Å². The Morgan fingerprint density at radius 3 is 2.81 bits per heavy atom. The molecule has 32 heavy (non-hydrogen) atoms. The standard InChI is InChI=1S/C23H19N5O3S/c29-23-18-14-27(10-9-20(18)25-22(26-23)21-8-3-11-32-21)13-16-5-2-7-19(24-16)15-4-1-6-17(12-15)28(30)31/h1-8,11-12H,9-10,13-14H2,(H,25,26,29). The minimum absolute atomic E-state index is 0.0379. The molecule has 4 aromatic rings. The van der Waals surface area contributed by atoms with Gasteiger partial charge in [0.05, 0.1) is 32.4 Å². The summed E-state index contributed by atoms with van der Waals surface area (Å²) in [4.78, 5) is 38.8. The molecule has 0 radical (unpaired) electrons. The van der Waals surface area contributed by atoms with Crippen molar-refractivity contribution in [2.75, 3.05) is 6.54 Å². The maximum atomic E-state index is 12.7. The lowest BCUT2D eigenvalue weighted by Crippen LogP contribution is -2.35. The Kier molecular flexibility index (Phi) is 5.34. The van der Waals surface area contributed by atoms with E-state index in [1.165, 1.54) is 12.1 Å². The molecule has 0 saturated heterocycles. The maximum absolute atomic E-state index is 12.7. The van der Waals surface area contributed by atoms with Crippen LogP contribution in [0.3, 0.4) is 0 Å². The van der Waals surface area contributed by atoms with Crippen LogP contribution in [-0.2, 0) is 19.5 Å². The van der Waals surface area contributed by atoms with E-state index in [0.29, 0.717) is 42.2 Å². The van der Waals surface area contributed by atoms with Crippen LogP contribution in [0.1, 0.15) is 17.0 Å². The summed E-state index contributed by atoms with van der Waals surface area (Å²) in [6.07, 6.45) is 0.697. The van der Waals surface area contributed by atoms with Gasteiger partial charge in [-0.05, 0) is 23.6 Å². The average Bonchev–Trinajstić information content (AvgIpc) is 3.35. The van der Waals surface area contributed by atoms with Gasteiger partial charge in [0.25, 0.3) is 11.2 Å². The average molecular weight is 446 g/mol. The third-order valence-corrected chi connectivity index (χ3v) is 6.32. The monoisotopic (exact) mass is 445 g/mol. The molecule has 4 heterocycles. The first-order chi connectivity index (χ1) is 15.6. The predicted octanol–water partition coefficient (Wildman–Crippen LogP) is 4.03. The van der Waals surface area contributed by atoms with Crippen molar-refractivity contribution in [1.29, 1.82) is 0 Å². The molecule has 1 aliphatic rings. The smallest absolute Gasteiger partial charge is 0.270 e. The highest BCUT2D eigenvalue weighted by Gasteiger charge is 2.22. The van der Waals surface area contributed by atoms with Gasteiger partial charge in [0, 0.05) is 43.8 Å². The molecule has 9 heteroatoms. The van der Waals surface area contributed by atoms with E-state index in [1.807, 2.05) is 41.8 Å². The van der Waals surface area contributed by atoms with E-state index in [-0.39, 0.29) is 11.2 Å². The van der Waals surface area contributed by atoms with Crippen molar-refractivity contribution >= 4 is 17.0 Å². The summed E-state index contributed by atoms with van der Waals surface area (Å²) in [6, 6.07) is 16.0. The van der Waals surface area contributed by atoms with E-state index in [4.69, 9.17) is 9.97 Å². The number of hydrogen-bond donors (Lipinski definition) is 1. The van der Waals surface area contributed by atoms with Crippen LogP contribution in [0, 0.1) is 10.1 Å². The number of fused-ring (bicyclic) bond motifs is 1. The zero-order valence-corrected chi connectivity index (χ0v) is 17.8. The number of nitro groups is 1. The summed E-state index contributed by atoms with van der Waals surface area (Å²) in [5.74, 6) is 0.628. The first kappa shape index (κ1) is 20.2. The Hall–Kier alpha value is -3.69. The fourth-order valence-corrected chi connectivity index (χ4v) is 4.55. The van der Waals surface area contributed by atoms with Crippen molar-refractivity contribution in [2.24, 2.45) is 0 Å². The van der Waals surface area contributed by atoms with Crippen molar-refractivity contribution < 1.29 is 4.92 Å². The number of nitrogens with zero attached hydrogens (tertiary/aromatic N) is 4. The highest BCUT2D eigenvalue weighted by atomic mass is 32.1. The Morgan fingerprint density at radius 2 is 2.00 bits per heavy atom. The largest absolute Gasteiger partial charge is 0.306 e. The SMILES string of the molecule is O=c1[nH]c(-c2cccs2)nc2c1CN(Cc1cccc(-c3cccc([N+](=O)[O-])c3)n1)CC2. The molecule has 0 unspecified atom stereocenters. The van der Waals surface area contributed by atoms with Crippen LogP contribution >= 0.6 is 11.3 Å². The van der Waals surface area contributed by atoms with E-state index in [2.05, 4.69) is 9.88 Å². The highest BCUT2D eigenvalue weighted by molar-refractivity contribution is 7.13. The van der Waals surface area contributed by atoms with Gasteiger partial charge < -0.3 is 4.98 Å². The quantitative estimate of drug-likeness (QED) is 0.367. The van der Waals surface area contributed by atoms with E-state index in [0.717, 1.165) is 22.8 Å². The summed E-state index contributed by atoms with van der Waals surface area (Å²) >= 11 is 1.55. The van der Waals surface area contributed by atoms with Crippen LogP contribution in [0.15, 0.2) is 64.8 Å². The normalized spacial score (nSPS) is 13.6. The fourth-order valence-electron chi connectivity index (χ4n) is 3.88. The molecule has 8 nitrogen and oxygen atoms in total. The number of aromatic nitrogens is 3. The highest BCUT2D eigenvalue weighted by Crippen LogP contribution is 2.25. The second-order valence-corrected chi connectivity index (χ2v) is 8.55. The molecule has 160 valence electrons.